The summed E-state index contributed by atoms with van der Waals surface area (Å²) in [5, 5.41) is 3.31. The summed E-state index contributed by atoms with van der Waals surface area (Å²) >= 11 is 7.48. The van der Waals surface area contributed by atoms with E-state index in [4.69, 9.17) is 17.3 Å². The molecule has 1 amide bonds. The highest BCUT2D eigenvalue weighted by Gasteiger charge is 2.07. The van der Waals surface area contributed by atoms with Crippen LogP contribution in [0.1, 0.15) is 15.9 Å². The summed E-state index contributed by atoms with van der Waals surface area (Å²) in [6.45, 7) is 0. The second kappa shape index (κ2) is 6.68. The monoisotopic (exact) mass is 306 g/mol. The van der Waals surface area contributed by atoms with Gasteiger partial charge in [0.1, 0.15) is 0 Å². The van der Waals surface area contributed by atoms with Gasteiger partial charge in [0.15, 0.2) is 0 Å². The molecule has 0 saturated heterocycles. The predicted octanol–water partition coefficient (Wildman–Crippen LogP) is 3.57. The average Bonchev–Trinajstić information content (AvgIpc) is 2.46. The molecule has 0 aliphatic heterocycles. The van der Waals surface area contributed by atoms with E-state index in [2.05, 4.69) is 5.32 Å². The van der Waals surface area contributed by atoms with Gasteiger partial charge in [-0.3, -0.25) is 4.79 Å². The quantitative estimate of drug-likeness (QED) is 0.670. The highest BCUT2D eigenvalue weighted by Crippen LogP contribution is 2.29. The van der Waals surface area contributed by atoms with Gasteiger partial charge >= 0.3 is 0 Å². The molecule has 0 bridgehead atoms. The number of carbonyl (C=O) groups is 1. The number of amides is 1. The van der Waals surface area contributed by atoms with Crippen LogP contribution in [0.15, 0.2) is 47.4 Å². The minimum Gasteiger partial charge on any atom is -0.398 e. The number of carbonyl (C=O) groups excluding carboxylic acids is 1. The molecule has 0 radical (unpaired) electrons. The van der Waals surface area contributed by atoms with Crippen LogP contribution in [0.4, 0.5) is 5.69 Å². The maximum Gasteiger partial charge on any atom is 0.251 e. The molecule has 3 nitrogen and oxygen atoms in total. The Morgan fingerprint density at radius 1 is 1.25 bits per heavy atom. The van der Waals surface area contributed by atoms with Crippen LogP contribution < -0.4 is 11.1 Å². The van der Waals surface area contributed by atoms with Gasteiger partial charge in [0.2, 0.25) is 0 Å². The van der Waals surface area contributed by atoms with Gasteiger partial charge in [-0.25, -0.2) is 0 Å². The van der Waals surface area contributed by atoms with Crippen molar-refractivity contribution < 1.29 is 4.79 Å². The van der Waals surface area contributed by atoms with Crippen LogP contribution in [-0.4, -0.2) is 13.0 Å². The molecule has 0 aliphatic rings. The Hall–Kier alpha value is -1.65. The summed E-state index contributed by atoms with van der Waals surface area (Å²) in [6.07, 6.45) is 0. The summed E-state index contributed by atoms with van der Waals surface area (Å²) in [7, 11) is 1.60. The first-order valence-corrected chi connectivity index (χ1v) is 7.45. The molecule has 5 heteroatoms. The molecule has 0 spiro atoms. The fourth-order valence-electron chi connectivity index (χ4n) is 1.71. The first-order chi connectivity index (χ1) is 9.60. The molecule has 2 aromatic carbocycles. The number of rotatable bonds is 4. The standard InChI is InChI=1S/C15H15ClN2OS/c1-18-15(19)11-4-7-14(13(17)8-11)20-9-10-2-5-12(16)6-3-10/h2-8H,9,17H2,1H3,(H,18,19). The Morgan fingerprint density at radius 3 is 2.55 bits per heavy atom. The van der Waals surface area contributed by atoms with Crippen molar-refractivity contribution in [3.63, 3.8) is 0 Å². The maximum absolute atomic E-state index is 11.5. The summed E-state index contributed by atoms with van der Waals surface area (Å²) < 4.78 is 0. The highest BCUT2D eigenvalue weighted by molar-refractivity contribution is 7.98. The minimum absolute atomic E-state index is 0.133. The third-order valence-electron chi connectivity index (χ3n) is 2.81. The first kappa shape index (κ1) is 14.8. The summed E-state index contributed by atoms with van der Waals surface area (Å²) in [6, 6.07) is 13.1. The molecular formula is C15H15ClN2OS. The van der Waals surface area contributed by atoms with E-state index < -0.39 is 0 Å². The fourth-order valence-corrected chi connectivity index (χ4v) is 2.74. The van der Waals surface area contributed by atoms with E-state index in [9.17, 15) is 4.79 Å². The summed E-state index contributed by atoms with van der Waals surface area (Å²) in [4.78, 5) is 12.5. The predicted molar refractivity (Wildman–Crippen MR) is 85.3 cm³/mol. The molecule has 0 heterocycles. The normalized spacial score (nSPS) is 10.3. The summed E-state index contributed by atoms with van der Waals surface area (Å²) in [5.41, 5.74) is 8.34. The molecule has 3 N–H and O–H groups in total. The van der Waals surface area contributed by atoms with E-state index in [1.807, 2.05) is 30.3 Å². The topological polar surface area (TPSA) is 55.1 Å². The van der Waals surface area contributed by atoms with E-state index >= 15 is 0 Å². The van der Waals surface area contributed by atoms with Gasteiger partial charge in [-0.05, 0) is 35.9 Å². The molecule has 0 unspecified atom stereocenters. The number of thioether (sulfide) groups is 1. The molecule has 0 saturated carbocycles. The molecule has 0 aliphatic carbocycles. The lowest BCUT2D eigenvalue weighted by Gasteiger charge is -2.08. The Kier molecular flexibility index (Phi) is 4.93. The van der Waals surface area contributed by atoms with Crippen LogP contribution in [0.5, 0.6) is 0 Å². The van der Waals surface area contributed by atoms with Crippen LogP contribution in [-0.2, 0) is 5.75 Å². The number of halogens is 1. The van der Waals surface area contributed by atoms with Crippen LogP contribution >= 0.6 is 23.4 Å². The highest BCUT2D eigenvalue weighted by atomic mass is 35.5. The minimum atomic E-state index is -0.133. The number of anilines is 1. The van der Waals surface area contributed by atoms with Gasteiger partial charge in [0.25, 0.3) is 5.91 Å². The van der Waals surface area contributed by atoms with E-state index in [0.717, 1.165) is 15.7 Å². The van der Waals surface area contributed by atoms with Gasteiger partial charge in [-0.2, -0.15) is 0 Å². The van der Waals surface area contributed by atoms with Crippen LogP contribution in [0.25, 0.3) is 0 Å². The van der Waals surface area contributed by atoms with E-state index in [1.54, 1.807) is 30.9 Å². The third-order valence-corrected chi connectivity index (χ3v) is 4.22. The lowest BCUT2D eigenvalue weighted by atomic mass is 10.2. The van der Waals surface area contributed by atoms with Gasteiger partial charge in [0, 0.05) is 34.0 Å². The van der Waals surface area contributed by atoms with Crippen molar-refractivity contribution in [2.24, 2.45) is 0 Å². The molecule has 0 atom stereocenters. The molecule has 2 rings (SSSR count). The van der Waals surface area contributed by atoms with Crippen molar-refractivity contribution in [2.75, 3.05) is 12.8 Å². The number of nitrogens with one attached hydrogen (secondary N) is 1. The molecule has 104 valence electrons. The molecule has 0 fully saturated rings. The zero-order valence-corrected chi connectivity index (χ0v) is 12.6. The fraction of sp³-hybridized carbons (Fsp3) is 0.133. The van der Waals surface area contributed by atoms with E-state index in [1.165, 1.54) is 5.56 Å². The molecule has 20 heavy (non-hydrogen) atoms. The number of nitrogen functional groups attached to an aromatic ring is 1. The van der Waals surface area contributed by atoms with Crippen molar-refractivity contribution in [1.29, 1.82) is 0 Å². The van der Waals surface area contributed by atoms with Crippen molar-refractivity contribution in [3.05, 3.63) is 58.6 Å². The van der Waals surface area contributed by atoms with Gasteiger partial charge in [-0.15, -0.1) is 11.8 Å². The Labute approximate surface area is 127 Å². The van der Waals surface area contributed by atoms with Gasteiger partial charge in [0.05, 0.1) is 0 Å². The van der Waals surface area contributed by atoms with Crippen LogP contribution in [0.3, 0.4) is 0 Å². The Bertz CT molecular complexity index is 614. The molecule has 2 aromatic rings. The third kappa shape index (κ3) is 3.68. The van der Waals surface area contributed by atoms with Gasteiger partial charge < -0.3 is 11.1 Å². The molecular weight excluding hydrogens is 292 g/mol. The lowest BCUT2D eigenvalue weighted by Crippen LogP contribution is -2.17. The zero-order valence-electron chi connectivity index (χ0n) is 11.0. The zero-order chi connectivity index (χ0) is 14.5. The number of hydrogen-bond donors (Lipinski definition) is 2. The SMILES string of the molecule is CNC(=O)c1ccc(SCc2ccc(Cl)cc2)c(N)c1. The van der Waals surface area contributed by atoms with E-state index in [0.29, 0.717) is 11.3 Å². The van der Waals surface area contributed by atoms with Crippen LogP contribution in [0, 0.1) is 0 Å². The number of benzene rings is 2. The second-order valence-electron chi connectivity index (χ2n) is 4.25. The van der Waals surface area contributed by atoms with Crippen molar-refractivity contribution in [3.8, 4) is 0 Å². The second-order valence-corrected chi connectivity index (χ2v) is 5.70. The average molecular weight is 307 g/mol. The van der Waals surface area contributed by atoms with Crippen molar-refractivity contribution in [1.82, 2.24) is 5.32 Å². The van der Waals surface area contributed by atoms with Crippen LogP contribution in [0.2, 0.25) is 5.02 Å². The Morgan fingerprint density at radius 2 is 1.95 bits per heavy atom. The first-order valence-electron chi connectivity index (χ1n) is 6.09. The van der Waals surface area contributed by atoms with Gasteiger partial charge in [-0.1, -0.05) is 23.7 Å². The lowest BCUT2D eigenvalue weighted by molar-refractivity contribution is 0.0963. The maximum atomic E-state index is 11.5. The number of nitrogens with two attached hydrogens (primary N) is 1. The Balaban J connectivity index is 2.06. The smallest absolute Gasteiger partial charge is 0.251 e. The van der Waals surface area contributed by atoms with Crippen molar-refractivity contribution in [2.45, 2.75) is 10.6 Å². The summed E-state index contributed by atoms with van der Waals surface area (Å²) in [5.74, 6) is 0.673. The number of hydrogen-bond acceptors (Lipinski definition) is 3. The largest absolute Gasteiger partial charge is 0.398 e. The van der Waals surface area contributed by atoms with E-state index in [-0.39, 0.29) is 5.91 Å². The molecule has 0 aromatic heterocycles. The van der Waals surface area contributed by atoms with Crippen molar-refractivity contribution >= 4 is 35.0 Å².